The Morgan fingerprint density at radius 3 is 3.00 bits per heavy atom. The number of aryl methyl sites for hydroxylation is 1. The summed E-state index contributed by atoms with van der Waals surface area (Å²) in [5.41, 5.74) is 8.20. The molecule has 1 aliphatic heterocycles. The van der Waals surface area contributed by atoms with Crippen LogP contribution >= 0.6 is 12.4 Å². The molecule has 0 spiro atoms. The molecule has 23 heavy (non-hydrogen) atoms. The first-order chi connectivity index (χ1) is 10.6. The zero-order chi connectivity index (χ0) is 15.5. The zero-order valence-corrected chi connectivity index (χ0v) is 13.1. The third-order valence-corrected chi connectivity index (χ3v) is 3.39. The molecule has 0 radical (unpaired) electrons. The van der Waals surface area contributed by atoms with E-state index in [-0.39, 0.29) is 30.6 Å². The number of nitrogens with zero attached hydrogens (tertiary/aromatic N) is 3. The number of rotatable bonds is 4. The molecule has 0 saturated heterocycles. The van der Waals surface area contributed by atoms with Crippen LogP contribution < -0.4 is 16.4 Å². The van der Waals surface area contributed by atoms with Crippen molar-refractivity contribution in [2.24, 2.45) is 5.73 Å². The zero-order valence-electron chi connectivity index (χ0n) is 12.3. The molecule has 0 unspecified atom stereocenters. The highest BCUT2D eigenvalue weighted by atomic mass is 35.5. The van der Waals surface area contributed by atoms with Gasteiger partial charge in [-0.15, -0.1) is 17.5 Å². The summed E-state index contributed by atoms with van der Waals surface area (Å²) in [4.78, 5) is 22.9. The summed E-state index contributed by atoms with van der Waals surface area (Å²) in [6.45, 7) is 0.868. The van der Waals surface area contributed by atoms with Crippen LogP contribution in [0.5, 0.6) is 0 Å². The van der Waals surface area contributed by atoms with E-state index >= 15 is 0 Å². The third kappa shape index (κ3) is 3.98. The van der Waals surface area contributed by atoms with E-state index in [1.165, 1.54) is 16.4 Å². The summed E-state index contributed by atoms with van der Waals surface area (Å²) >= 11 is 0. The first-order valence-corrected chi connectivity index (χ1v) is 6.98. The Bertz CT molecular complexity index is 730. The molecule has 0 atom stereocenters. The van der Waals surface area contributed by atoms with Gasteiger partial charge in [-0.05, 0) is 36.6 Å². The number of nitrogens with two attached hydrogens (primary N) is 1. The van der Waals surface area contributed by atoms with E-state index in [4.69, 9.17) is 5.73 Å². The number of carbonyl (C=O) groups is 2. The van der Waals surface area contributed by atoms with Gasteiger partial charge in [0, 0.05) is 17.9 Å². The van der Waals surface area contributed by atoms with Crippen molar-refractivity contribution in [3.05, 3.63) is 35.7 Å². The van der Waals surface area contributed by atoms with Gasteiger partial charge in [-0.3, -0.25) is 9.59 Å². The van der Waals surface area contributed by atoms with E-state index in [2.05, 4.69) is 20.9 Å². The SMILES string of the molecule is Cl.NC(=O)Cn1cc(C(=O)Nc2ccc3c(c2)CCCN3)nn1. The van der Waals surface area contributed by atoms with Gasteiger partial charge in [-0.25, -0.2) is 4.68 Å². The molecule has 4 N–H and O–H groups in total. The summed E-state index contributed by atoms with van der Waals surface area (Å²) in [7, 11) is 0. The second-order valence-electron chi connectivity index (χ2n) is 5.12. The molecule has 2 heterocycles. The number of carbonyl (C=O) groups excluding carboxylic acids is 2. The third-order valence-electron chi connectivity index (χ3n) is 3.39. The van der Waals surface area contributed by atoms with Crippen molar-refractivity contribution in [1.29, 1.82) is 0 Å². The van der Waals surface area contributed by atoms with Crippen molar-refractivity contribution in [1.82, 2.24) is 15.0 Å². The van der Waals surface area contributed by atoms with E-state index in [1.54, 1.807) is 0 Å². The van der Waals surface area contributed by atoms with Crippen LogP contribution in [-0.2, 0) is 17.8 Å². The number of nitrogens with one attached hydrogen (secondary N) is 2. The standard InChI is InChI=1S/C14H16N6O2.ClH/c15-13(21)8-20-7-12(18-19-20)14(22)17-10-3-4-11-9(6-10)2-1-5-16-11;/h3-4,6-7,16H,1-2,5,8H2,(H2,15,21)(H,17,22);1H. The van der Waals surface area contributed by atoms with Gasteiger partial charge in [0.25, 0.3) is 5.91 Å². The van der Waals surface area contributed by atoms with Gasteiger partial charge in [0.05, 0.1) is 6.20 Å². The maximum absolute atomic E-state index is 12.1. The smallest absolute Gasteiger partial charge is 0.277 e. The lowest BCUT2D eigenvalue weighted by Gasteiger charge is -2.18. The molecule has 0 fully saturated rings. The van der Waals surface area contributed by atoms with Gasteiger partial charge in [-0.1, -0.05) is 5.21 Å². The van der Waals surface area contributed by atoms with Gasteiger partial charge in [0.2, 0.25) is 5.91 Å². The molecular weight excluding hydrogens is 320 g/mol. The molecular formula is C14H17ClN6O2. The van der Waals surface area contributed by atoms with Gasteiger partial charge >= 0.3 is 0 Å². The molecule has 1 aromatic carbocycles. The maximum atomic E-state index is 12.1. The summed E-state index contributed by atoms with van der Waals surface area (Å²) in [6, 6.07) is 5.74. The number of aromatic nitrogens is 3. The van der Waals surface area contributed by atoms with Crippen LogP contribution in [0.4, 0.5) is 11.4 Å². The monoisotopic (exact) mass is 336 g/mol. The first-order valence-electron chi connectivity index (χ1n) is 6.98. The number of amides is 2. The van der Waals surface area contributed by atoms with Crippen LogP contribution in [0.15, 0.2) is 24.4 Å². The minimum Gasteiger partial charge on any atom is -0.385 e. The highest BCUT2D eigenvalue weighted by molar-refractivity contribution is 6.02. The Morgan fingerprint density at radius 1 is 1.39 bits per heavy atom. The fourth-order valence-corrected chi connectivity index (χ4v) is 2.39. The van der Waals surface area contributed by atoms with E-state index < -0.39 is 5.91 Å². The number of anilines is 2. The van der Waals surface area contributed by atoms with Crippen molar-refractivity contribution in [2.75, 3.05) is 17.2 Å². The van der Waals surface area contributed by atoms with Crippen molar-refractivity contribution < 1.29 is 9.59 Å². The van der Waals surface area contributed by atoms with Crippen LogP contribution in [0.3, 0.4) is 0 Å². The molecule has 9 heteroatoms. The predicted molar refractivity (Wildman–Crippen MR) is 87.7 cm³/mol. The lowest BCUT2D eigenvalue weighted by molar-refractivity contribution is -0.118. The average Bonchev–Trinajstić information content (AvgIpc) is 2.95. The number of benzene rings is 1. The fraction of sp³-hybridized carbons (Fsp3) is 0.286. The molecule has 1 aromatic heterocycles. The van der Waals surface area contributed by atoms with Crippen LogP contribution in [0, 0.1) is 0 Å². The van der Waals surface area contributed by atoms with Crippen molar-refractivity contribution >= 4 is 35.6 Å². The topological polar surface area (TPSA) is 115 Å². The van der Waals surface area contributed by atoms with Gasteiger partial charge in [-0.2, -0.15) is 0 Å². The maximum Gasteiger partial charge on any atom is 0.277 e. The van der Waals surface area contributed by atoms with Crippen LogP contribution in [0.1, 0.15) is 22.5 Å². The molecule has 1 aliphatic rings. The van der Waals surface area contributed by atoms with Crippen LogP contribution in [0.25, 0.3) is 0 Å². The average molecular weight is 337 g/mol. The Hall–Kier alpha value is -2.61. The minimum atomic E-state index is -0.543. The molecule has 3 rings (SSSR count). The lowest BCUT2D eigenvalue weighted by atomic mass is 10.0. The highest BCUT2D eigenvalue weighted by Gasteiger charge is 2.14. The molecule has 0 bridgehead atoms. The number of primary amides is 1. The second-order valence-corrected chi connectivity index (χ2v) is 5.12. The van der Waals surface area contributed by atoms with Crippen molar-refractivity contribution in [3.8, 4) is 0 Å². The summed E-state index contributed by atoms with van der Waals surface area (Å²) in [5, 5.41) is 13.5. The summed E-state index contributed by atoms with van der Waals surface area (Å²) in [6.07, 6.45) is 3.45. The Balaban J connectivity index is 0.00000192. The first kappa shape index (κ1) is 16.8. The number of hydrogen-bond donors (Lipinski definition) is 3. The normalized spacial score (nSPS) is 12.5. The second kappa shape index (κ2) is 7.10. The number of hydrogen-bond acceptors (Lipinski definition) is 5. The van der Waals surface area contributed by atoms with Crippen molar-refractivity contribution in [3.63, 3.8) is 0 Å². The Kier molecular flexibility index (Phi) is 5.17. The minimum absolute atomic E-state index is 0. The molecule has 8 nitrogen and oxygen atoms in total. The molecule has 2 amide bonds. The van der Waals surface area contributed by atoms with E-state index in [0.717, 1.165) is 25.1 Å². The quantitative estimate of drug-likeness (QED) is 0.763. The van der Waals surface area contributed by atoms with Crippen LogP contribution in [-0.4, -0.2) is 33.4 Å². The van der Waals surface area contributed by atoms with Crippen LogP contribution in [0.2, 0.25) is 0 Å². The summed E-state index contributed by atoms with van der Waals surface area (Å²) < 4.78 is 1.23. The number of halogens is 1. The Labute approximate surface area is 138 Å². The fourth-order valence-electron chi connectivity index (χ4n) is 2.39. The van der Waals surface area contributed by atoms with E-state index in [1.807, 2.05) is 18.2 Å². The molecule has 2 aromatic rings. The Morgan fingerprint density at radius 2 is 2.22 bits per heavy atom. The van der Waals surface area contributed by atoms with Gasteiger partial charge in [0.1, 0.15) is 6.54 Å². The number of fused-ring (bicyclic) bond motifs is 1. The molecule has 122 valence electrons. The lowest BCUT2D eigenvalue weighted by Crippen LogP contribution is -2.19. The highest BCUT2D eigenvalue weighted by Crippen LogP contribution is 2.25. The van der Waals surface area contributed by atoms with E-state index in [0.29, 0.717) is 5.69 Å². The van der Waals surface area contributed by atoms with Gasteiger partial charge in [0.15, 0.2) is 5.69 Å². The predicted octanol–water partition coefficient (Wildman–Crippen LogP) is 0.796. The van der Waals surface area contributed by atoms with E-state index in [9.17, 15) is 9.59 Å². The molecule has 0 saturated carbocycles. The largest absolute Gasteiger partial charge is 0.385 e. The van der Waals surface area contributed by atoms with Crippen molar-refractivity contribution in [2.45, 2.75) is 19.4 Å². The molecule has 0 aliphatic carbocycles. The summed E-state index contributed by atoms with van der Waals surface area (Å²) in [5.74, 6) is -0.918. The van der Waals surface area contributed by atoms with Gasteiger partial charge < -0.3 is 16.4 Å².